The third kappa shape index (κ3) is 6.69. The van der Waals surface area contributed by atoms with Crippen LogP contribution in [0.25, 0.3) is 0 Å². The summed E-state index contributed by atoms with van der Waals surface area (Å²) in [5, 5.41) is 0. The zero-order valence-corrected chi connectivity index (χ0v) is 29.7. The summed E-state index contributed by atoms with van der Waals surface area (Å²) in [5.41, 5.74) is 5.77. The van der Waals surface area contributed by atoms with Gasteiger partial charge in [0, 0.05) is 31.2 Å². The quantitative estimate of drug-likeness (QED) is 0.211. The van der Waals surface area contributed by atoms with Gasteiger partial charge in [-0.05, 0) is 114 Å². The van der Waals surface area contributed by atoms with Gasteiger partial charge in [-0.3, -0.25) is 9.69 Å². The van der Waals surface area contributed by atoms with Crippen LogP contribution in [0.3, 0.4) is 0 Å². The van der Waals surface area contributed by atoms with E-state index in [0.717, 1.165) is 73.8 Å². The fraction of sp³-hybridized carbons (Fsp3) is 0.525. The fourth-order valence-corrected chi connectivity index (χ4v) is 8.19. The molecule has 8 heteroatoms. The molecule has 258 valence electrons. The number of methoxy groups -OCH3 is 4. The van der Waals surface area contributed by atoms with E-state index in [9.17, 15) is 4.79 Å². The normalized spacial score (nSPS) is 22.0. The third-order valence-electron chi connectivity index (χ3n) is 10.8. The molecule has 0 N–H and O–H groups in total. The topological polar surface area (TPSA) is 69.7 Å². The Morgan fingerprint density at radius 2 is 1.38 bits per heavy atom. The molecule has 0 radical (unpaired) electrons. The minimum absolute atomic E-state index is 0.0566. The summed E-state index contributed by atoms with van der Waals surface area (Å²) >= 11 is 0. The number of piperidine rings is 1. The lowest BCUT2D eigenvalue weighted by Gasteiger charge is -2.49. The highest BCUT2D eigenvalue weighted by Crippen LogP contribution is 2.49. The second-order valence-electron chi connectivity index (χ2n) is 14.0. The van der Waals surface area contributed by atoms with Crippen molar-refractivity contribution in [2.45, 2.75) is 65.0 Å². The maximum absolute atomic E-state index is 14.4. The number of carbonyl (C=O) groups is 1. The zero-order valence-electron chi connectivity index (χ0n) is 29.7. The first-order valence-corrected chi connectivity index (χ1v) is 17.6. The van der Waals surface area contributed by atoms with Gasteiger partial charge in [-0.25, -0.2) is 0 Å². The molecular formula is C40H52N2O6. The minimum atomic E-state index is -0.0861. The maximum Gasteiger partial charge on any atom is 0.254 e. The van der Waals surface area contributed by atoms with Gasteiger partial charge < -0.3 is 28.6 Å². The molecule has 3 aliphatic rings. The lowest BCUT2D eigenvalue weighted by molar-refractivity contribution is 0.0287. The molecule has 3 aromatic rings. The molecule has 0 aliphatic carbocycles. The van der Waals surface area contributed by atoms with Gasteiger partial charge >= 0.3 is 0 Å². The first-order valence-electron chi connectivity index (χ1n) is 17.6. The van der Waals surface area contributed by atoms with Gasteiger partial charge in [-0.15, -0.1) is 0 Å². The average Bonchev–Trinajstić information content (AvgIpc) is 3.12. The summed E-state index contributed by atoms with van der Waals surface area (Å²) in [4.78, 5) is 19.2. The van der Waals surface area contributed by atoms with E-state index >= 15 is 0 Å². The van der Waals surface area contributed by atoms with E-state index in [1.165, 1.54) is 16.7 Å². The van der Waals surface area contributed by atoms with E-state index in [2.05, 4.69) is 54.8 Å². The molecule has 0 bridgehead atoms. The van der Waals surface area contributed by atoms with Crippen molar-refractivity contribution in [1.82, 2.24) is 9.80 Å². The third-order valence-corrected chi connectivity index (χ3v) is 10.8. The molecule has 4 atom stereocenters. The van der Waals surface area contributed by atoms with E-state index in [1.807, 2.05) is 24.3 Å². The Morgan fingerprint density at radius 3 is 1.98 bits per heavy atom. The summed E-state index contributed by atoms with van der Waals surface area (Å²) < 4.78 is 28.8. The van der Waals surface area contributed by atoms with Crippen molar-refractivity contribution in [3.8, 4) is 28.7 Å². The maximum atomic E-state index is 14.4. The van der Waals surface area contributed by atoms with Crippen molar-refractivity contribution in [1.29, 1.82) is 0 Å². The molecule has 48 heavy (non-hydrogen) atoms. The number of hydrogen-bond acceptors (Lipinski definition) is 7. The Labute approximate surface area is 286 Å². The van der Waals surface area contributed by atoms with E-state index in [4.69, 9.17) is 23.7 Å². The van der Waals surface area contributed by atoms with Crippen molar-refractivity contribution < 1.29 is 28.5 Å². The van der Waals surface area contributed by atoms with Gasteiger partial charge in [0.2, 0.25) is 0 Å². The largest absolute Gasteiger partial charge is 0.493 e. The molecular weight excluding hydrogens is 604 g/mol. The smallest absolute Gasteiger partial charge is 0.254 e. The molecule has 8 nitrogen and oxygen atoms in total. The summed E-state index contributed by atoms with van der Waals surface area (Å²) in [6.07, 6.45) is 4.79. The Kier molecular flexibility index (Phi) is 10.4. The molecule has 1 fully saturated rings. The van der Waals surface area contributed by atoms with E-state index < -0.39 is 0 Å². The number of carbonyl (C=O) groups excluding carboxylic acids is 1. The number of hydrogen-bond donors (Lipinski definition) is 0. The molecule has 3 aliphatic heterocycles. The molecule has 1 saturated heterocycles. The van der Waals surface area contributed by atoms with Crippen LogP contribution in [0.5, 0.6) is 28.7 Å². The standard InChI is InChI=1S/C40H52N2O6/c1-8-26-23-41-15-13-28-19-36(44-4)38(46-6)21-32(28)34(41)17-30(26)18-35-33-22-39(47-7)37(45-5)20-29(33)14-16-42(35)40(43)27-9-11-31(12-10-27)48-24-25(2)3/h9-12,19-22,25-26,30,34-35H,8,13-18,23-24H2,1-7H3. The van der Waals surface area contributed by atoms with Crippen molar-refractivity contribution in [2.75, 3.05) is 54.7 Å². The highest BCUT2D eigenvalue weighted by molar-refractivity contribution is 5.95. The van der Waals surface area contributed by atoms with Crippen molar-refractivity contribution in [2.24, 2.45) is 17.8 Å². The summed E-state index contributed by atoms with van der Waals surface area (Å²) in [7, 11) is 6.78. The zero-order chi connectivity index (χ0) is 33.9. The van der Waals surface area contributed by atoms with Gasteiger partial charge in [0.05, 0.1) is 41.1 Å². The second-order valence-corrected chi connectivity index (χ2v) is 14.0. The molecule has 4 unspecified atom stereocenters. The van der Waals surface area contributed by atoms with Crippen LogP contribution in [0.1, 0.15) is 84.7 Å². The van der Waals surface area contributed by atoms with Crippen LogP contribution in [0.2, 0.25) is 0 Å². The van der Waals surface area contributed by atoms with Crippen LogP contribution >= 0.6 is 0 Å². The predicted molar refractivity (Wildman–Crippen MR) is 188 cm³/mol. The number of nitrogens with zero attached hydrogens (tertiary/aromatic N) is 2. The monoisotopic (exact) mass is 656 g/mol. The van der Waals surface area contributed by atoms with Gasteiger partial charge in [0.1, 0.15) is 5.75 Å². The number of amides is 1. The van der Waals surface area contributed by atoms with Gasteiger partial charge in [0.25, 0.3) is 5.91 Å². The lowest BCUT2D eigenvalue weighted by atomic mass is 9.72. The molecule has 6 rings (SSSR count). The highest BCUT2D eigenvalue weighted by atomic mass is 16.5. The first kappa shape index (κ1) is 34.0. The van der Waals surface area contributed by atoms with Gasteiger partial charge in [0.15, 0.2) is 23.0 Å². The SMILES string of the molecule is CCC1CN2CCc3cc(OC)c(OC)cc3C2CC1CC1c2cc(OC)c(OC)cc2CCN1C(=O)c1ccc(OCC(C)C)cc1. The average molecular weight is 657 g/mol. The molecule has 0 aromatic heterocycles. The molecule has 1 amide bonds. The summed E-state index contributed by atoms with van der Waals surface area (Å²) in [6, 6.07) is 16.5. The Hall–Kier alpha value is -3.91. The van der Waals surface area contributed by atoms with Crippen molar-refractivity contribution >= 4 is 5.91 Å². The van der Waals surface area contributed by atoms with Crippen LogP contribution in [-0.4, -0.2) is 70.4 Å². The van der Waals surface area contributed by atoms with Gasteiger partial charge in [-0.2, -0.15) is 0 Å². The molecule has 0 spiro atoms. The number of rotatable bonds is 11. The summed E-state index contributed by atoms with van der Waals surface area (Å²) in [5.74, 6) is 5.23. The Morgan fingerprint density at radius 1 is 0.792 bits per heavy atom. The van der Waals surface area contributed by atoms with Crippen LogP contribution in [0.4, 0.5) is 0 Å². The Balaban J connectivity index is 1.34. The molecule has 3 heterocycles. The van der Waals surface area contributed by atoms with Gasteiger partial charge in [-0.1, -0.05) is 27.2 Å². The minimum Gasteiger partial charge on any atom is -0.493 e. The van der Waals surface area contributed by atoms with Crippen molar-refractivity contribution in [3.63, 3.8) is 0 Å². The van der Waals surface area contributed by atoms with E-state index in [-0.39, 0.29) is 11.9 Å². The summed E-state index contributed by atoms with van der Waals surface area (Å²) in [6.45, 7) is 9.97. The molecule has 3 aromatic carbocycles. The fourth-order valence-electron chi connectivity index (χ4n) is 8.19. The highest BCUT2D eigenvalue weighted by Gasteiger charge is 2.42. The number of ether oxygens (including phenoxy) is 5. The molecule has 0 saturated carbocycles. The second kappa shape index (κ2) is 14.7. The van der Waals surface area contributed by atoms with E-state index in [1.54, 1.807) is 28.4 Å². The number of benzene rings is 3. The van der Waals surface area contributed by atoms with E-state index in [0.29, 0.717) is 48.3 Å². The lowest BCUT2D eigenvalue weighted by Crippen LogP contribution is -2.47. The first-order chi connectivity index (χ1) is 23.3. The predicted octanol–water partition coefficient (Wildman–Crippen LogP) is 7.53. The van der Waals surface area contributed by atoms with Crippen LogP contribution in [0, 0.1) is 17.8 Å². The van der Waals surface area contributed by atoms with Crippen LogP contribution < -0.4 is 23.7 Å². The van der Waals surface area contributed by atoms with Crippen molar-refractivity contribution in [3.05, 3.63) is 76.3 Å². The van der Waals surface area contributed by atoms with Crippen LogP contribution in [-0.2, 0) is 12.8 Å². The Bertz CT molecular complexity index is 1590. The van der Waals surface area contributed by atoms with Crippen LogP contribution in [0.15, 0.2) is 48.5 Å². The number of fused-ring (bicyclic) bond motifs is 4.